The van der Waals surface area contributed by atoms with E-state index in [4.69, 9.17) is 4.74 Å². The lowest BCUT2D eigenvalue weighted by atomic mass is 10.0. The second-order valence-electron chi connectivity index (χ2n) is 5.78. The summed E-state index contributed by atoms with van der Waals surface area (Å²) < 4.78 is 19.8. The predicted molar refractivity (Wildman–Crippen MR) is 85.4 cm³/mol. The molecule has 0 spiro atoms. The van der Waals surface area contributed by atoms with E-state index in [0.717, 1.165) is 50.1 Å². The highest BCUT2D eigenvalue weighted by Gasteiger charge is 2.24. The first-order valence-corrected chi connectivity index (χ1v) is 7.96. The van der Waals surface area contributed by atoms with E-state index >= 15 is 0 Å². The van der Waals surface area contributed by atoms with E-state index in [1.165, 1.54) is 0 Å². The van der Waals surface area contributed by atoms with Gasteiger partial charge in [-0.15, -0.1) is 0 Å². The fourth-order valence-corrected chi connectivity index (χ4v) is 3.00. The number of ether oxygens (including phenoxy) is 1. The minimum atomic E-state index is -0.117. The quantitative estimate of drug-likeness (QED) is 0.869. The molecule has 21 heavy (non-hydrogen) atoms. The first-order chi connectivity index (χ1) is 10.2. The van der Waals surface area contributed by atoms with Gasteiger partial charge in [-0.3, -0.25) is 0 Å². The minimum absolute atomic E-state index is 0.117. The van der Waals surface area contributed by atoms with Gasteiger partial charge in [-0.2, -0.15) is 0 Å². The molecule has 0 amide bonds. The molecule has 0 saturated carbocycles. The van der Waals surface area contributed by atoms with Crippen molar-refractivity contribution in [3.8, 4) is 0 Å². The third kappa shape index (κ3) is 3.95. The number of nitrogens with zero attached hydrogens (tertiary/aromatic N) is 1. The summed E-state index contributed by atoms with van der Waals surface area (Å²) in [6, 6.07) is 5.57. The molecule has 0 radical (unpaired) electrons. The molecule has 118 valence electrons. The van der Waals surface area contributed by atoms with Gasteiger partial charge in [0.2, 0.25) is 0 Å². The standard InChI is InChI=1S/C17H27FN2O/c1-4-10-19-13(2)15-6-5-7-16(18)17(15)20-11-8-14(21-3)9-12-20/h5-7,13-14,19H,4,8-12H2,1-3H3. The van der Waals surface area contributed by atoms with Crippen LogP contribution in [0.4, 0.5) is 10.1 Å². The zero-order chi connectivity index (χ0) is 15.2. The molecule has 1 aliphatic rings. The Morgan fingerprint density at radius 1 is 1.38 bits per heavy atom. The molecule has 1 aromatic rings. The van der Waals surface area contributed by atoms with Crippen LogP contribution >= 0.6 is 0 Å². The third-order valence-corrected chi connectivity index (χ3v) is 4.28. The molecule has 1 aromatic carbocycles. The number of nitrogens with one attached hydrogen (secondary N) is 1. The van der Waals surface area contributed by atoms with E-state index < -0.39 is 0 Å². The minimum Gasteiger partial charge on any atom is -0.381 e. The third-order valence-electron chi connectivity index (χ3n) is 4.28. The van der Waals surface area contributed by atoms with Crippen molar-refractivity contribution >= 4 is 5.69 Å². The summed E-state index contributed by atoms with van der Waals surface area (Å²) >= 11 is 0. The molecule has 0 bridgehead atoms. The SMILES string of the molecule is CCCNC(C)c1cccc(F)c1N1CCC(OC)CC1. The van der Waals surface area contributed by atoms with Crippen molar-refractivity contribution in [2.24, 2.45) is 0 Å². The zero-order valence-corrected chi connectivity index (χ0v) is 13.4. The van der Waals surface area contributed by atoms with Crippen LogP contribution in [-0.2, 0) is 4.74 Å². The first kappa shape index (κ1) is 16.2. The second-order valence-corrected chi connectivity index (χ2v) is 5.78. The first-order valence-electron chi connectivity index (χ1n) is 7.96. The summed E-state index contributed by atoms with van der Waals surface area (Å²) in [5.74, 6) is -0.117. The molecular formula is C17H27FN2O. The van der Waals surface area contributed by atoms with E-state index in [2.05, 4.69) is 24.1 Å². The Bertz CT molecular complexity index is 444. The normalized spacial score (nSPS) is 18.0. The molecule has 1 aliphatic heterocycles. The smallest absolute Gasteiger partial charge is 0.146 e. The number of piperidine rings is 1. The van der Waals surface area contributed by atoms with Gasteiger partial charge in [0.25, 0.3) is 0 Å². The Morgan fingerprint density at radius 3 is 2.71 bits per heavy atom. The molecule has 1 saturated heterocycles. The number of hydrogen-bond donors (Lipinski definition) is 1. The molecule has 2 rings (SSSR count). The molecular weight excluding hydrogens is 267 g/mol. The molecule has 1 unspecified atom stereocenters. The number of methoxy groups -OCH3 is 1. The lowest BCUT2D eigenvalue weighted by Gasteiger charge is -2.35. The molecule has 1 fully saturated rings. The van der Waals surface area contributed by atoms with Gasteiger partial charge in [-0.05, 0) is 44.4 Å². The highest BCUT2D eigenvalue weighted by molar-refractivity contribution is 5.56. The average Bonchev–Trinajstić information content (AvgIpc) is 2.52. The molecule has 1 heterocycles. The summed E-state index contributed by atoms with van der Waals surface area (Å²) in [5.41, 5.74) is 1.82. The number of halogens is 1. The van der Waals surface area contributed by atoms with Crippen molar-refractivity contribution < 1.29 is 9.13 Å². The molecule has 0 aliphatic carbocycles. The number of anilines is 1. The van der Waals surface area contributed by atoms with Gasteiger partial charge in [-0.25, -0.2) is 4.39 Å². The Balaban J connectivity index is 2.18. The Labute approximate surface area is 127 Å². The lowest BCUT2D eigenvalue weighted by Crippen LogP contribution is -2.38. The van der Waals surface area contributed by atoms with Crippen LogP contribution in [0.2, 0.25) is 0 Å². The second kappa shape index (κ2) is 7.76. The monoisotopic (exact) mass is 294 g/mol. The van der Waals surface area contributed by atoms with Crippen molar-refractivity contribution in [1.82, 2.24) is 5.32 Å². The van der Waals surface area contributed by atoms with Crippen LogP contribution in [0.3, 0.4) is 0 Å². The number of hydrogen-bond acceptors (Lipinski definition) is 3. The Morgan fingerprint density at radius 2 is 2.10 bits per heavy atom. The molecule has 1 N–H and O–H groups in total. The van der Waals surface area contributed by atoms with Crippen molar-refractivity contribution in [1.29, 1.82) is 0 Å². The summed E-state index contributed by atoms with van der Waals surface area (Å²) in [4.78, 5) is 2.17. The number of para-hydroxylation sites is 1. The maximum Gasteiger partial charge on any atom is 0.146 e. The van der Waals surface area contributed by atoms with Crippen LogP contribution in [0.15, 0.2) is 18.2 Å². The predicted octanol–water partition coefficient (Wildman–Crippen LogP) is 3.50. The van der Waals surface area contributed by atoms with Crippen molar-refractivity contribution in [3.63, 3.8) is 0 Å². The van der Waals surface area contributed by atoms with Gasteiger partial charge in [0, 0.05) is 26.2 Å². The summed E-state index contributed by atoms with van der Waals surface area (Å²) in [6.45, 7) is 6.90. The maximum atomic E-state index is 14.4. The molecule has 1 atom stereocenters. The van der Waals surface area contributed by atoms with Crippen LogP contribution in [-0.4, -0.2) is 32.8 Å². The Hall–Kier alpha value is -1.13. The van der Waals surface area contributed by atoms with Gasteiger partial charge in [0.15, 0.2) is 0 Å². The fourth-order valence-electron chi connectivity index (χ4n) is 3.00. The highest BCUT2D eigenvalue weighted by Crippen LogP contribution is 2.31. The number of rotatable bonds is 6. The van der Waals surface area contributed by atoms with Crippen LogP contribution in [0.1, 0.15) is 44.7 Å². The van der Waals surface area contributed by atoms with Crippen molar-refractivity contribution in [3.05, 3.63) is 29.6 Å². The van der Waals surface area contributed by atoms with E-state index in [9.17, 15) is 4.39 Å². The van der Waals surface area contributed by atoms with E-state index in [1.54, 1.807) is 19.2 Å². The lowest BCUT2D eigenvalue weighted by molar-refractivity contribution is 0.0817. The average molecular weight is 294 g/mol. The number of benzene rings is 1. The van der Waals surface area contributed by atoms with Crippen LogP contribution in [0, 0.1) is 5.82 Å². The summed E-state index contributed by atoms with van der Waals surface area (Å²) in [6.07, 6.45) is 3.31. The molecule has 0 aromatic heterocycles. The van der Waals surface area contributed by atoms with E-state index in [1.807, 2.05) is 6.07 Å². The highest BCUT2D eigenvalue weighted by atomic mass is 19.1. The van der Waals surface area contributed by atoms with Gasteiger partial charge in [0.05, 0.1) is 11.8 Å². The summed E-state index contributed by atoms with van der Waals surface area (Å²) in [7, 11) is 1.76. The van der Waals surface area contributed by atoms with E-state index in [0.29, 0.717) is 6.10 Å². The summed E-state index contributed by atoms with van der Waals surface area (Å²) in [5, 5.41) is 3.46. The maximum absolute atomic E-state index is 14.4. The fraction of sp³-hybridized carbons (Fsp3) is 0.647. The zero-order valence-electron chi connectivity index (χ0n) is 13.4. The van der Waals surface area contributed by atoms with E-state index in [-0.39, 0.29) is 11.9 Å². The van der Waals surface area contributed by atoms with Crippen LogP contribution in [0.5, 0.6) is 0 Å². The van der Waals surface area contributed by atoms with Crippen LogP contribution in [0.25, 0.3) is 0 Å². The topological polar surface area (TPSA) is 24.5 Å². The van der Waals surface area contributed by atoms with Crippen molar-refractivity contribution in [2.45, 2.75) is 45.3 Å². The van der Waals surface area contributed by atoms with Crippen LogP contribution < -0.4 is 10.2 Å². The van der Waals surface area contributed by atoms with Gasteiger partial charge >= 0.3 is 0 Å². The van der Waals surface area contributed by atoms with Gasteiger partial charge in [0.1, 0.15) is 5.82 Å². The van der Waals surface area contributed by atoms with Gasteiger partial charge in [-0.1, -0.05) is 19.1 Å². The molecule has 4 heteroatoms. The van der Waals surface area contributed by atoms with Crippen molar-refractivity contribution in [2.75, 3.05) is 31.6 Å². The largest absolute Gasteiger partial charge is 0.381 e. The molecule has 3 nitrogen and oxygen atoms in total. The van der Waals surface area contributed by atoms with Gasteiger partial charge < -0.3 is 15.0 Å². The Kier molecular flexibility index (Phi) is 6.00.